The Balaban J connectivity index is 1.03. The summed E-state index contributed by atoms with van der Waals surface area (Å²) in [6.45, 7) is 0. The van der Waals surface area contributed by atoms with Crippen LogP contribution < -0.4 is 9.80 Å². The first-order valence-electron chi connectivity index (χ1n) is 18.0. The molecule has 52 heavy (non-hydrogen) atoms. The lowest BCUT2D eigenvalue weighted by Gasteiger charge is -2.28. The third-order valence-electron chi connectivity index (χ3n) is 10.2. The number of nitrogens with zero attached hydrogens (tertiary/aromatic N) is 2. The highest BCUT2D eigenvalue weighted by Gasteiger charge is 2.31. The van der Waals surface area contributed by atoms with E-state index in [1.807, 2.05) is 0 Å². The maximum atomic E-state index is 2.50. The summed E-state index contributed by atoms with van der Waals surface area (Å²) in [4.78, 5) is 4.84. The van der Waals surface area contributed by atoms with Gasteiger partial charge in [-0.15, -0.1) is 0 Å². The Morgan fingerprint density at radius 2 is 0.712 bits per heavy atom. The van der Waals surface area contributed by atoms with Gasteiger partial charge < -0.3 is 9.80 Å². The minimum atomic E-state index is 0.276. The molecule has 0 spiro atoms. The van der Waals surface area contributed by atoms with Crippen molar-refractivity contribution in [1.29, 1.82) is 0 Å². The first-order valence-corrected chi connectivity index (χ1v) is 18.0. The molecule has 8 aromatic rings. The van der Waals surface area contributed by atoms with E-state index in [0.29, 0.717) is 0 Å². The number of hydrogen-bond acceptors (Lipinski definition) is 2. The molecule has 1 aliphatic heterocycles. The number of rotatable bonds is 8. The third-order valence-corrected chi connectivity index (χ3v) is 10.2. The fourth-order valence-electron chi connectivity index (χ4n) is 7.58. The molecule has 1 heterocycles. The average Bonchev–Trinajstić information content (AvgIpc) is 3.63. The zero-order chi connectivity index (χ0) is 34.7. The first kappa shape index (κ1) is 31.3. The average molecular weight is 667 g/mol. The van der Waals surface area contributed by atoms with Gasteiger partial charge in [-0.25, -0.2) is 0 Å². The Morgan fingerprint density at radius 1 is 0.346 bits per heavy atom. The van der Waals surface area contributed by atoms with Crippen molar-refractivity contribution in [3.05, 3.63) is 223 Å². The highest BCUT2D eigenvalue weighted by molar-refractivity contribution is 5.81. The zero-order valence-electron chi connectivity index (χ0n) is 28.9. The van der Waals surface area contributed by atoms with Crippen molar-refractivity contribution in [3.8, 4) is 33.4 Å². The van der Waals surface area contributed by atoms with Crippen LogP contribution in [0.5, 0.6) is 0 Å². The molecule has 0 saturated carbocycles. The van der Waals surface area contributed by atoms with E-state index in [0.717, 1.165) is 23.5 Å². The van der Waals surface area contributed by atoms with Gasteiger partial charge in [0.15, 0.2) is 0 Å². The van der Waals surface area contributed by atoms with Gasteiger partial charge in [0.2, 0.25) is 0 Å². The van der Waals surface area contributed by atoms with Gasteiger partial charge >= 0.3 is 0 Å². The van der Waals surface area contributed by atoms with Crippen LogP contribution in [0.1, 0.15) is 17.2 Å². The Labute approximate surface area is 306 Å². The number of benzene rings is 8. The summed E-state index contributed by atoms with van der Waals surface area (Å²) in [5.74, 6) is 0. The molecule has 2 heteroatoms. The second-order valence-corrected chi connectivity index (χ2v) is 13.4. The van der Waals surface area contributed by atoms with Crippen LogP contribution in [-0.4, -0.2) is 0 Å². The maximum Gasteiger partial charge on any atom is 0.0632 e. The van der Waals surface area contributed by atoms with Crippen LogP contribution in [0.25, 0.3) is 33.4 Å². The van der Waals surface area contributed by atoms with E-state index in [4.69, 9.17) is 0 Å². The fraction of sp³-hybridized carbons (Fsp3) is 0.0400. The Hall–Kier alpha value is -6.64. The molecule has 8 aromatic carbocycles. The van der Waals surface area contributed by atoms with Gasteiger partial charge in [0.05, 0.1) is 6.04 Å². The molecule has 0 fully saturated rings. The van der Waals surface area contributed by atoms with Crippen molar-refractivity contribution in [2.45, 2.75) is 12.5 Å². The SMILES string of the molecule is c1ccc(-c2ccc(N(c3ccc(-c4ccccc4)cc3)c3ccc(-c4ccc(N5c6ccccc6CC5c5ccccc5)cc4)cc3)cc2)cc1. The summed E-state index contributed by atoms with van der Waals surface area (Å²) in [6.07, 6.45) is 1.00. The second kappa shape index (κ2) is 13.9. The number of hydrogen-bond donors (Lipinski definition) is 0. The number of anilines is 5. The monoisotopic (exact) mass is 666 g/mol. The van der Waals surface area contributed by atoms with Crippen molar-refractivity contribution in [1.82, 2.24) is 0 Å². The van der Waals surface area contributed by atoms with Gasteiger partial charge in [-0.3, -0.25) is 0 Å². The fourth-order valence-corrected chi connectivity index (χ4v) is 7.58. The molecule has 1 aliphatic rings. The van der Waals surface area contributed by atoms with Crippen molar-refractivity contribution >= 4 is 28.4 Å². The molecule has 248 valence electrons. The van der Waals surface area contributed by atoms with Crippen LogP contribution in [0.4, 0.5) is 28.4 Å². The largest absolute Gasteiger partial charge is 0.333 e. The number of para-hydroxylation sites is 1. The van der Waals surface area contributed by atoms with Crippen LogP contribution in [0.2, 0.25) is 0 Å². The summed E-state index contributed by atoms with van der Waals surface area (Å²) in [5.41, 5.74) is 15.8. The van der Waals surface area contributed by atoms with Crippen LogP contribution in [0, 0.1) is 0 Å². The molecule has 0 aromatic heterocycles. The van der Waals surface area contributed by atoms with Crippen LogP contribution in [-0.2, 0) is 6.42 Å². The van der Waals surface area contributed by atoms with Gasteiger partial charge in [0.25, 0.3) is 0 Å². The molecule has 9 rings (SSSR count). The molecule has 2 nitrogen and oxygen atoms in total. The van der Waals surface area contributed by atoms with Crippen molar-refractivity contribution in [3.63, 3.8) is 0 Å². The molecule has 0 N–H and O–H groups in total. The van der Waals surface area contributed by atoms with Gasteiger partial charge in [0.1, 0.15) is 0 Å². The summed E-state index contributed by atoms with van der Waals surface area (Å²) < 4.78 is 0. The minimum absolute atomic E-state index is 0.276. The van der Waals surface area contributed by atoms with E-state index in [9.17, 15) is 0 Å². The van der Waals surface area contributed by atoms with E-state index >= 15 is 0 Å². The molecule has 1 unspecified atom stereocenters. The third kappa shape index (κ3) is 6.16. The van der Waals surface area contributed by atoms with E-state index in [1.165, 1.54) is 55.9 Å². The molecule has 0 aliphatic carbocycles. The topological polar surface area (TPSA) is 6.48 Å². The highest BCUT2D eigenvalue weighted by Crippen LogP contribution is 2.46. The maximum absolute atomic E-state index is 2.50. The number of fused-ring (bicyclic) bond motifs is 1. The normalized spacial score (nSPS) is 13.5. The van der Waals surface area contributed by atoms with E-state index in [1.54, 1.807) is 0 Å². The van der Waals surface area contributed by atoms with E-state index in [-0.39, 0.29) is 6.04 Å². The lowest BCUT2D eigenvalue weighted by molar-refractivity contribution is 0.743. The highest BCUT2D eigenvalue weighted by atomic mass is 15.2. The molecule has 0 radical (unpaired) electrons. The van der Waals surface area contributed by atoms with Gasteiger partial charge in [-0.2, -0.15) is 0 Å². The van der Waals surface area contributed by atoms with Crippen molar-refractivity contribution < 1.29 is 0 Å². The van der Waals surface area contributed by atoms with Gasteiger partial charge in [0, 0.05) is 28.4 Å². The predicted octanol–water partition coefficient (Wildman–Crippen LogP) is 13.6. The standard InChI is InChI=1S/C50H38N2/c1-4-12-37(13-5-1)39-20-28-45(29-21-39)51(46-30-22-40(23-31-46)38-14-6-2-7-15-38)47-32-24-41(25-33-47)42-26-34-48(35-27-42)52-49-19-11-10-18-44(49)36-50(52)43-16-8-3-9-17-43/h1-35,50H,36H2. The predicted molar refractivity (Wildman–Crippen MR) is 219 cm³/mol. The molecular formula is C50H38N2. The molecule has 0 saturated heterocycles. The summed E-state index contributed by atoms with van der Waals surface area (Å²) in [7, 11) is 0. The summed E-state index contributed by atoms with van der Waals surface area (Å²) >= 11 is 0. The van der Waals surface area contributed by atoms with Crippen molar-refractivity contribution in [2.75, 3.05) is 9.80 Å². The molecule has 0 amide bonds. The first-order chi connectivity index (χ1) is 25.8. The molecular weight excluding hydrogens is 629 g/mol. The Kier molecular flexibility index (Phi) is 8.40. The second-order valence-electron chi connectivity index (χ2n) is 13.4. The van der Waals surface area contributed by atoms with Crippen LogP contribution >= 0.6 is 0 Å². The van der Waals surface area contributed by atoms with Crippen LogP contribution in [0.15, 0.2) is 212 Å². The molecule has 0 bridgehead atoms. The smallest absolute Gasteiger partial charge is 0.0632 e. The van der Waals surface area contributed by atoms with Crippen molar-refractivity contribution in [2.24, 2.45) is 0 Å². The Morgan fingerprint density at radius 3 is 1.17 bits per heavy atom. The van der Waals surface area contributed by atoms with E-state index < -0.39 is 0 Å². The van der Waals surface area contributed by atoms with E-state index in [2.05, 4.69) is 222 Å². The van der Waals surface area contributed by atoms with Crippen LogP contribution in [0.3, 0.4) is 0 Å². The zero-order valence-corrected chi connectivity index (χ0v) is 28.9. The lowest BCUT2D eigenvalue weighted by atomic mass is 10.0. The quantitative estimate of drug-likeness (QED) is 0.159. The van der Waals surface area contributed by atoms with Gasteiger partial charge in [-0.05, 0) is 106 Å². The summed E-state index contributed by atoms with van der Waals surface area (Å²) in [6, 6.07) is 76.9. The molecule has 1 atom stereocenters. The Bertz CT molecular complexity index is 2300. The lowest BCUT2D eigenvalue weighted by Crippen LogP contribution is -2.19. The minimum Gasteiger partial charge on any atom is -0.333 e. The summed E-state index contributed by atoms with van der Waals surface area (Å²) in [5, 5.41) is 0. The van der Waals surface area contributed by atoms with Gasteiger partial charge in [-0.1, -0.05) is 158 Å².